The average Bonchev–Trinajstić information content (AvgIpc) is 2.82. The molecule has 7 nitrogen and oxygen atoms in total. The van der Waals surface area contributed by atoms with Crippen LogP contribution in [0.2, 0.25) is 0 Å². The van der Waals surface area contributed by atoms with Gasteiger partial charge in [-0.3, -0.25) is 9.59 Å². The topological polar surface area (TPSA) is 113 Å². The lowest BCUT2D eigenvalue weighted by Gasteiger charge is -2.34. The van der Waals surface area contributed by atoms with Crippen LogP contribution in [0.15, 0.2) is 59.5 Å². The minimum atomic E-state index is -3.29. The van der Waals surface area contributed by atoms with E-state index in [-0.39, 0.29) is 34.5 Å². The Morgan fingerprint density at radius 3 is 2.49 bits per heavy atom. The monoisotopic (exact) mass is 492 g/mol. The maximum atomic E-state index is 13.4. The Balaban J connectivity index is 1.48. The van der Waals surface area contributed by atoms with E-state index in [1.807, 2.05) is 19.9 Å². The molecule has 1 unspecified atom stereocenters. The van der Waals surface area contributed by atoms with E-state index in [0.29, 0.717) is 41.0 Å². The van der Waals surface area contributed by atoms with Crippen LogP contribution in [0, 0.1) is 6.92 Å². The third-order valence-corrected chi connectivity index (χ3v) is 8.37. The number of nitrogens with one attached hydrogen (secondary N) is 1. The van der Waals surface area contributed by atoms with Gasteiger partial charge in [-0.2, -0.15) is 0 Å². The van der Waals surface area contributed by atoms with Crippen LogP contribution in [0.5, 0.6) is 5.75 Å². The number of sulfone groups is 1. The Bertz CT molecular complexity index is 1410. The van der Waals surface area contributed by atoms with E-state index in [0.717, 1.165) is 5.56 Å². The Kier molecular flexibility index (Phi) is 6.51. The summed E-state index contributed by atoms with van der Waals surface area (Å²) in [5, 5.41) is 13.2. The van der Waals surface area contributed by atoms with Crippen molar-refractivity contribution in [1.82, 2.24) is 4.98 Å². The Morgan fingerprint density at radius 1 is 1.11 bits per heavy atom. The number of pyridine rings is 1. The zero-order valence-corrected chi connectivity index (χ0v) is 20.8. The fourth-order valence-electron chi connectivity index (χ4n) is 4.47. The molecule has 1 aliphatic carbocycles. The molecule has 2 N–H and O–H groups in total. The summed E-state index contributed by atoms with van der Waals surface area (Å²) >= 11 is 0. The van der Waals surface area contributed by atoms with Crippen molar-refractivity contribution in [2.24, 2.45) is 0 Å². The zero-order valence-electron chi connectivity index (χ0n) is 20.0. The highest BCUT2D eigenvalue weighted by molar-refractivity contribution is 7.91. The highest BCUT2D eigenvalue weighted by Crippen LogP contribution is 2.41. The van der Waals surface area contributed by atoms with Crippen LogP contribution >= 0.6 is 0 Å². The number of aromatic nitrogens is 1. The number of Topliss-reactive ketones (excluding diaryl/α,β-unsaturated/α-hetero) is 1. The van der Waals surface area contributed by atoms with Crippen molar-refractivity contribution in [1.29, 1.82) is 0 Å². The van der Waals surface area contributed by atoms with Crippen molar-refractivity contribution in [3.63, 3.8) is 0 Å². The van der Waals surface area contributed by atoms with E-state index >= 15 is 0 Å². The number of nitrogens with zero attached hydrogens (tertiary/aromatic N) is 1. The van der Waals surface area contributed by atoms with E-state index in [9.17, 15) is 23.1 Å². The Labute approximate surface area is 205 Å². The molecule has 0 saturated heterocycles. The van der Waals surface area contributed by atoms with Crippen molar-refractivity contribution in [2.45, 2.75) is 50.3 Å². The van der Waals surface area contributed by atoms with Gasteiger partial charge in [-0.15, -0.1) is 0 Å². The van der Waals surface area contributed by atoms with Crippen LogP contribution in [0.1, 0.15) is 53.0 Å². The second-order valence-electron chi connectivity index (χ2n) is 9.14. The molecule has 1 heterocycles. The summed E-state index contributed by atoms with van der Waals surface area (Å²) in [5.74, 6) is 0.0884. The first-order chi connectivity index (χ1) is 16.5. The molecule has 2 aromatic carbocycles. The molecule has 1 aromatic heterocycles. The van der Waals surface area contributed by atoms with Gasteiger partial charge in [0.25, 0.3) is 0 Å². The average molecular weight is 493 g/mol. The van der Waals surface area contributed by atoms with Crippen LogP contribution in [0.4, 0.5) is 5.82 Å². The number of ketones is 1. The standard InChI is InChI=1S/C27H28N2O5S/c1-4-35(33,34)19-8-6-18(7-9-19)16-25(31)29-24-12-10-20-22(28-24)13-14-27(3,26(20)32)21-11-5-17(2)15-23(21)30/h5-12,15,30H,4,13-14,16H2,1-3H3,(H,28,29,31). The third-order valence-electron chi connectivity index (χ3n) is 6.62. The minimum absolute atomic E-state index is 0.0185. The van der Waals surface area contributed by atoms with Crippen molar-refractivity contribution in [3.05, 3.63) is 82.5 Å². The minimum Gasteiger partial charge on any atom is -0.508 e. The fourth-order valence-corrected chi connectivity index (χ4v) is 5.35. The van der Waals surface area contributed by atoms with Gasteiger partial charge in [0.1, 0.15) is 11.6 Å². The lowest BCUT2D eigenvalue weighted by Crippen LogP contribution is -2.38. The molecule has 182 valence electrons. The predicted molar refractivity (Wildman–Crippen MR) is 134 cm³/mol. The van der Waals surface area contributed by atoms with E-state index in [1.54, 1.807) is 43.3 Å². The number of anilines is 1. The largest absolute Gasteiger partial charge is 0.508 e. The van der Waals surface area contributed by atoms with Gasteiger partial charge >= 0.3 is 0 Å². The van der Waals surface area contributed by atoms with Crippen LogP contribution < -0.4 is 5.32 Å². The molecule has 35 heavy (non-hydrogen) atoms. The second kappa shape index (κ2) is 9.26. The first kappa shape index (κ1) is 24.6. The smallest absolute Gasteiger partial charge is 0.229 e. The summed E-state index contributed by atoms with van der Waals surface area (Å²) in [6.07, 6.45) is 1.09. The molecule has 0 saturated carbocycles. The van der Waals surface area contributed by atoms with Gasteiger partial charge in [-0.1, -0.05) is 31.2 Å². The molecule has 0 spiro atoms. The van der Waals surface area contributed by atoms with Gasteiger partial charge in [0.2, 0.25) is 5.91 Å². The van der Waals surface area contributed by atoms with Gasteiger partial charge in [0, 0.05) is 11.1 Å². The van der Waals surface area contributed by atoms with E-state index in [4.69, 9.17) is 0 Å². The van der Waals surface area contributed by atoms with Gasteiger partial charge in [0.15, 0.2) is 15.6 Å². The number of carbonyl (C=O) groups excluding carboxylic acids is 2. The molecule has 0 aliphatic heterocycles. The number of aromatic hydroxyl groups is 1. The first-order valence-corrected chi connectivity index (χ1v) is 13.1. The van der Waals surface area contributed by atoms with Crippen LogP contribution in [0.25, 0.3) is 0 Å². The lowest BCUT2D eigenvalue weighted by atomic mass is 9.68. The van der Waals surface area contributed by atoms with Gasteiger partial charge < -0.3 is 10.4 Å². The van der Waals surface area contributed by atoms with Gasteiger partial charge in [-0.25, -0.2) is 13.4 Å². The summed E-state index contributed by atoms with van der Waals surface area (Å²) in [6.45, 7) is 5.31. The molecule has 0 fully saturated rings. The summed E-state index contributed by atoms with van der Waals surface area (Å²) in [6, 6.07) is 14.9. The number of aryl methyl sites for hydroxylation is 2. The molecule has 8 heteroatoms. The molecular formula is C27H28N2O5S. The van der Waals surface area contributed by atoms with E-state index < -0.39 is 15.3 Å². The molecule has 1 amide bonds. The van der Waals surface area contributed by atoms with E-state index in [2.05, 4.69) is 10.3 Å². The molecule has 1 aliphatic rings. The number of amides is 1. The summed E-state index contributed by atoms with van der Waals surface area (Å²) in [7, 11) is -3.29. The quantitative estimate of drug-likeness (QED) is 0.534. The zero-order chi connectivity index (χ0) is 25.4. The molecule has 4 rings (SSSR count). The normalized spacial score (nSPS) is 17.6. The number of phenols is 1. The number of rotatable bonds is 6. The van der Waals surface area contributed by atoms with Gasteiger partial charge in [-0.05, 0) is 68.1 Å². The van der Waals surface area contributed by atoms with Crippen LogP contribution in [-0.2, 0) is 32.9 Å². The highest BCUT2D eigenvalue weighted by atomic mass is 32.2. The molecule has 0 bridgehead atoms. The number of carbonyl (C=O) groups is 2. The number of benzene rings is 2. The highest BCUT2D eigenvalue weighted by Gasteiger charge is 2.42. The third kappa shape index (κ3) is 4.84. The van der Waals surface area contributed by atoms with Crippen molar-refractivity contribution in [3.8, 4) is 5.75 Å². The van der Waals surface area contributed by atoms with Crippen molar-refractivity contribution >= 4 is 27.3 Å². The van der Waals surface area contributed by atoms with Crippen LogP contribution in [-0.4, -0.2) is 36.0 Å². The second-order valence-corrected chi connectivity index (χ2v) is 11.4. The molecule has 1 atom stereocenters. The van der Waals surface area contributed by atoms with Crippen molar-refractivity contribution < 1.29 is 23.1 Å². The number of phenolic OH excluding ortho intramolecular Hbond substituents is 1. The maximum absolute atomic E-state index is 13.4. The SMILES string of the molecule is CCS(=O)(=O)c1ccc(CC(=O)Nc2ccc3c(n2)CCC(C)(c2ccc(C)cc2O)C3=O)cc1. The fraction of sp³-hybridized carbons (Fsp3) is 0.296. The Morgan fingerprint density at radius 2 is 1.83 bits per heavy atom. The molecule has 0 radical (unpaired) electrons. The number of hydrogen-bond donors (Lipinski definition) is 2. The maximum Gasteiger partial charge on any atom is 0.229 e. The molecular weight excluding hydrogens is 464 g/mol. The predicted octanol–water partition coefficient (Wildman–Crippen LogP) is 4.16. The van der Waals surface area contributed by atoms with E-state index in [1.165, 1.54) is 12.1 Å². The Hall–Kier alpha value is -3.52. The number of hydrogen-bond acceptors (Lipinski definition) is 6. The van der Waals surface area contributed by atoms with Gasteiger partial charge in [0.05, 0.1) is 28.2 Å². The van der Waals surface area contributed by atoms with Crippen molar-refractivity contribution in [2.75, 3.05) is 11.1 Å². The summed E-state index contributed by atoms with van der Waals surface area (Å²) < 4.78 is 23.9. The van der Waals surface area contributed by atoms with Crippen LogP contribution in [0.3, 0.4) is 0 Å². The summed E-state index contributed by atoms with van der Waals surface area (Å²) in [4.78, 5) is 30.7. The lowest BCUT2D eigenvalue weighted by molar-refractivity contribution is -0.115. The summed E-state index contributed by atoms with van der Waals surface area (Å²) in [5.41, 5.74) is 2.46. The first-order valence-electron chi connectivity index (χ1n) is 11.5. The number of fused-ring (bicyclic) bond motifs is 1. The molecule has 3 aromatic rings.